The van der Waals surface area contributed by atoms with Crippen LogP contribution in [0.2, 0.25) is 5.02 Å². The third-order valence-corrected chi connectivity index (χ3v) is 3.32. The Kier molecular flexibility index (Phi) is 3.60. The van der Waals surface area contributed by atoms with Crippen LogP contribution in [0.4, 0.5) is 5.69 Å². The van der Waals surface area contributed by atoms with Crippen molar-refractivity contribution in [3.8, 4) is 0 Å². The minimum atomic E-state index is 0.0745. The van der Waals surface area contributed by atoms with Gasteiger partial charge in [-0.25, -0.2) is 4.79 Å². The molecule has 1 N–H and O–H groups in total. The fraction of sp³-hybridized carbons (Fsp3) is 0.333. The molecule has 1 aromatic carbocycles. The van der Waals surface area contributed by atoms with Crippen molar-refractivity contribution in [3.05, 3.63) is 46.6 Å². The van der Waals surface area contributed by atoms with Crippen molar-refractivity contribution in [1.29, 1.82) is 0 Å². The molecule has 18 heavy (non-hydrogen) atoms. The van der Waals surface area contributed by atoms with Gasteiger partial charge in [0.2, 0.25) is 0 Å². The molecular weight excluding hydrogens is 246 g/mol. The number of hydrogen-bond donors (Lipinski definition) is 1. The van der Waals surface area contributed by atoms with Gasteiger partial charge in [0.05, 0.1) is 10.7 Å². The molecule has 0 heterocycles. The molecule has 2 nitrogen and oxygen atoms in total. The Morgan fingerprint density at radius 3 is 2.67 bits per heavy atom. The van der Waals surface area contributed by atoms with Gasteiger partial charge in [-0.3, -0.25) is 0 Å². The molecule has 1 aromatic rings. The minimum Gasteiger partial charge on any atom is -0.358 e. The average Bonchev–Trinajstić information content (AvgIpc) is 2.30. The molecule has 0 atom stereocenters. The topological polar surface area (TPSA) is 29.1 Å². The van der Waals surface area contributed by atoms with E-state index < -0.39 is 0 Å². The first kappa shape index (κ1) is 12.9. The third kappa shape index (κ3) is 3.04. The molecule has 0 radical (unpaired) electrons. The Morgan fingerprint density at radius 1 is 1.28 bits per heavy atom. The van der Waals surface area contributed by atoms with Gasteiger partial charge in [-0.1, -0.05) is 37.6 Å². The van der Waals surface area contributed by atoms with E-state index in [1.54, 1.807) is 0 Å². The van der Waals surface area contributed by atoms with Crippen LogP contribution in [0.25, 0.3) is 0 Å². The summed E-state index contributed by atoms with van der Waals surface area (Å²) in [6, 6.07) is 7.59. The maximum Gasteiger partial charge on any atom is 0.128 e. The van der Waals surface area contributed by atoms with Gasteiger partial charge in [-0.05, 0) is 36.5 Å². The van der Waals surface area contributed by atoms with Gasteiger partial charge in [0.1, 0.15) is 5.94 Å². The van der Waals surface area contributed by atoms with E-state index in [-0.39, 0.29) is 5.41 Å². The number of allylic oxidation sites excluding steroid dienone is 3. The molecule has 0 bridgehead atoms. The number of rotatable bonds is 2. The van der Waals surface area contributed by atoms with Crippen molar-refractivity contribution in [2.24, 2.45) is 5.41 Å². The standard InChI is InChI=1S/C15H16ClNO/c1-15(2)8-11(10-18)7-12(9-15)17-14-6-4-3-5-13(14)16/h3-7,17H,8-9H2,1-2H3. The summed E-state index contributed by atoms with van der Waals surface area (Å²) in [7, 11) is 0. The van der Waals surface area contributed by atoms with Crippen molar-refractivity contribution in [1.82, 2.24) is 0 Å². The van der Waals surface area contributed by atoms with Crippen LogP contribution in [0.1, 0.15) is 26.7 Å². The summed E-state index contributed by atoms with van der Waals surface area (Å²) in [5.41, 5.74) is 2.66. The molecule has 3 heteroatoms. The second-order valence-electron chi connectivity index (χ2n) is 5.42. The lowest BCUT2D eigenvalue weighted by molar-refractivity contribution is 0.353. The van der Waals surface area contributed by atoms with Crippen molar-refractivity contribution in [2.45, 2.75) is 26.7 Å². The van der Waals surface area contributed by atoms with Crippen molar-refractivity contribution in [3.63, 3.8) is 0 Å². The first-order chi connectivity index (χ1) is 8.50. The maximum atomic E-state index is 10.9. The Balaban J connectivity index is 2.26. The highest BCUT2D eigenvalue weighted by atomic mass is 35.5. The van der Waals surface area contributed by atoms with Gasteiger partial charge >= 0.3 is 0 Å². The molecule has 0 spiro atoms. The normalized spacial score (nSPS) is 17.9. The average molecular weight is 262 g/mol. The summed E-state index contributed by atoms with van der Waals surface area (Å²) >= 11 is 6.11. The highest BCUT2D eigenvalue weighted by molar-refractivity contribution is 6.33. The highest BCUT2D eigenvalue weighted by Gasteiger charge is 2.26. The molecule has 0 amide bonds. The zero-order valence-electron chi connectivity index (χ0n) is 10.6. The molecule has 1 aliphatic carbocycles. The number of nitrogens with one attached hydrogen (secondary N) is 1. The summed E-state index contributed by atoms with van der Waals surface area (Å²) in [5.74, 6) is 2.01. The van der Waals surface area contributed by atoms with Crippen LogP contribution >= 0.6 is 11.6 Å². The fourth-order valence-corrected chi connectivity index (χ4v) is 2.47. The second-order valence-corrected chi connectivity index (χ2v) is 5.83. The predicted molar refractivity (Wildman–Crippen MR) is 75.4 cm³/mol. The van der Waals surface area contributed by atoms with Crippen molar-refractivity contribution >= 4 is 23.2 Å². The van der Waals surface area contributed by atoms with E-state index in [1.165, 1.54) is 0 Å². The van der Waals surface area contributed by atoms with E-state index in [2.05, 4.69) is 19.2 Å². The molecule has 0 aromatic heterocycles. The molecule has 0 unspecified atom stereocenters. The molecule has 0 aliphatic heterocycles. The van der Waals surface area contributed by atoms with E-state index in [9.17, 15) is 4.79 Å². The van der Waals surface area contributed by atoms with Crippen LogP contribution in [0, 0.1) is 5.41 Å². The van der Waals surface area contributed by atoms with Gasteiger partial charge in [0.15, 0.2) is 0 Å². The van der Waals surface area contributed by atoms with Gasteiger partial charge in [0, 0.05) is 11.3 Å². The molecule has 2 rings (SSSR count). The number of anilines is 1. The van der Waals surface area contributed by atoms with E-state index in [0.29, 0.717) is 10.6 Å². The Hall–Kier alpha value is -1.50. The van der Waals surface area contributed by atoms with Crippen LogP contribution in [0.5, 0.6) is 0 Å². The largest absolute Gasteiger partial charge is 0.358 e. The summed E-state index contributed by atoms with van der Waals surface area (Å²) in [6.07, 6.45) is 3.54. The van der Waals surface area contributed by atoms with Gasteiger partial charge < -0.3 is 5.32 Å². The Bertz CT molecular complexity index is 539. The lowest BCUT2D eigenvalue weighted by Crippen LogP contribution is -2.20. The lowest BCUT2D eigenvalue weighted by atomic mass is 9.77. The number of benzene rings is 1. The molecular formula is C15H16ClNO. The zero-order valence-corrected chi connectivity index (χ0v) is 11.3. The minimum absolute atomic E-state index is 0.0745. The van der Waals surface area contributed by atoms with Crippen LogP contribution in [0.15, 0.2) is 41.6 Å². The molecule has 1 aliphatic rings. The van der Waals surface area contributed by atoms with Gasteiger partial charge in [-0.2, -0.15) is 0 Å². The monoisotopic (exact) mass is 261 g/mol. The van der Waals surface area contributed by atoms with Crippen LogP contribution in [0.3, 0.4) is 0 Å². The highest BCUT2D eigenvalue weighted by Crippen LogP contribution is 2.37. The SMILES string of the molecule is CC1(C)CC(=C=O)C=C(Nc2ccccc2Cl)C1. The Morgan fingerprint density at radius 2 is 2.00 bits per heavy atom. The quantitative estimate of drug-likeness (QED) is 0.808. The lowest BCUT2D eigenvalue weighted by Gasteiger charge is -2.30. The van der Waals surface area contributed by atoms with E-state index in [1.807, 2.05) is 36.3 Å². The Labute approximate surface area is 112 Å². The maximum absolute atomic E-state index is 10.9. The first-order valence-electron chi connectivity index (χ1n) is 5.96. The summed E-state index contributed by atoms with van der Waals surface area (Å²) in [4.78, 5) is 10.9. The molecule has 0 saturated heterocycles. The fourth-order valence-electron chi connectivity index (χ4n) is 2.29. The second kappa shape index (κ2) is 5.01. The van der Waals surface area contributed by atoms with Gasteiger partial charge in [-0.15, -0.1) is 0 Å². The number of hydrogen-bond acceptors (Lipinski definition) is 2. The molecule has 0 fully saturated rings. The van der Waals surface area contributed by atoms with Crippen LogP contribution in [-0.4, -0.2) is 5.94 Å². The summed E-state index contributed by atoms with van der Waals surface area (Å²) < 4.78 is 0. The number of para-hydroxylation sites is 1. The molecule has 0 saturated carbocycles. The first-order valence-corrected chi connectivity index (χ1v) is 6.34. The van der Waals surface area contributed by atoms with Crippen LogP contribution < -0.4 is 5.32 Å². The number of halogens is 1. The van der Waals surface area contributed by atoms with E-state index >= 15 is 0 Å². The van der Waals surface area contributed by atoms with E-state index in [4.69, 9.17) is 11.6 Å². The third-order valence-electron chi connectivity index (χ3n) is 2.99. The zero-order chi connectivity index (χ0) is 13.2. The summed E-state index contributed by atoms with van der Waals surface area (Å²) in [5, 5.41) is 3.98. The van der Waals surface area contributed by atoms with Gasteiger partial charge in [0.25, 0.3) is 0 Å². The smallest absolute Gasteiger partial charge is 0.128 e. The van der Waals surface area contributed by atoms with Crippen LogP contribution in [-0.2, 0) is 4.79 Å². The predicted octanol–water partition coefficient (Wildman–Crippen LogP) is 4.21. The summed E-state index contributed by atoms with van der Waals surface area (Å²) in [6.45, 7) is 4.29. The number of carbonyl (C=O) groups excluding carboxylic acids is 1. The van der Waals surface area contributed by atoms with E-state index in [0.717, 1.165) is 24.2 Å². The molecule has 94 valence electrons. The van der Waals surface area contributed by atoms with Crippen molar-refractivity contribution < 1.29 is 4.79 Å². The van der Waals surface area contributed by atoms with Crippen molar-refractivity contribution in [2.75, 3.05) is 5.32 Å².